The van der Waals surface area contributed by atoms with Crippen molar-refractivity contribution >= 4 is 26.8 Å². The standard InChI is InChI=1S/C27H27BrN2O3/c1-18-16-19(2)25(23(28)17-18)33-15-7-6-14-30-26(20-10-12-21(32-3)13-11-20)29-24-9-5-4-8-22(24)27(30)31/h4-5,8-13,16-17H,6-7,14-15H2,1-3H3. The molecule has 0 radical (unpaired) electrons. The topological polar surface area (TPSA) is 53.3 Å². The summed E-state index contributed by atoms with van der Waals surface area (Å²) in [5, 5.41) is 0.630. The third-order valence-electron chi connectivity index (χ3n) is 5.61. The Hall–Kier alpha value is -3.12. The number of hydrogen-bond acceptors (Lipinski definition) is 4. The van der Waals surface area contributed by atoms with Crippen LogP contribution in [0.3, 0.4) is 0 Å². The highest BCUT2D eigenvalue weighted by Crippen LogP contribution is 2.30. The van der Waals surface area contributed by atoms with Crippen molar-refractivity contribution in [2.24, 2.45) is 0 Å². The van der Waals surface area contributed by atoms with Crippen molar-refractivity contribution in [2.75, 3.05) is 13.7 Å². The van der Waals surface area contributed by atoms with Gasteiger partial charge in [0.1, 0.15) is 17.3 Å². The Bertz CT molecular complexity index is 1310. The lowest BCUT2D eigenvalue weighted by Crippen LogP contribution is -2.24. The van der Waals surface area contributed by atoms with E-state index >= 15 is 0 Å². The monoisotopic (exact) mass is 506 g/mol. The van der Waals surface area contributed by atoms with Gasteiger partial charge in [-0.3, -0.25) is 9.36 Å². The normalized spacial score (nSPS) is 11.0. The third kappa shape index (κ3) is 5.11. The van der Waals surface area contributed by atoms with Gasteiger partial charge in [-0.25, -0.2) is 4.98 Å². The minimum Gasteiger partial charge on any atom is -0.497 e. The number of hydrogen-bond donors (Lipinski definition) is 0. The highest BCUT2D eigenvalue weighted by atomic mass is 79.9. The first-order valence-electron chi connectivity index (χ1n) is 11.0. The molecule has 0 aliphatic heterocycles. The van der Waals surface area contributed by atoms with Gasteiger partial charge < -0.3 is 9.47 Å². The second-order valence-electron chi connectivity index (χ2n) is 8.09. The summed E-state index contributed by atoms with van der Waals surface area (Å²) < 4.78 is 14.1. The fourth-order valence-electron chi connectivity index (χ4n) is 3.97. The van der Waals surface area contributed by atoms with E-state index in [1.54, 1.807) is 11.7 Å². The predicted octanol–water partition coefficient (Wildman–Crippen LogP) is 6.31. The number of halogens is 1. The van der Waals surface area contributed by atoms with Crippen LogP contribution in [0, 0.1) is 13.8 Å². The van der Waals surface area contributed by atoms with Crippen LogP contribution in [0.5, 0.6) is 11.5 Å². The first-order valence-corrected chi connectivity index (χ1v) is 11.8. The number of para-hydroxylation sites is 1. The van der Waals surface area contributed by atoms with E-state index in [-0.39, 0.29) is 5.56 Å². The van der Waals surface area contributed by atoms with Gasteiger partial charge in [0.2, 0.25) is 0 Å². The molecule has 0 unspecified atom stereocenters. The maximum atomic E-state index is 13.3. The molecule has 1 aromatic heterocycles. The molecular weight excluding hydrogens is 480 g/mol. The summed E-state index contributed by atoms with van der Waals surface area (Å²) in [4.78, 5) is 18.1. The van der Waals surface area contributed by atoms with E-state index in [2.05, 4.69) is 41.9 Å². The van der Waals surface area contributed by atoms with Gasteiger partial charge >= 0.3 is 0 Å². The Morgan fingerprint density at radius 1 is 1.00 bits per heavy atom. The maximum Gasteiger partial charge on any atom is 0.261 e. The van der Waals surface area contributed by atoms with Crippen LogP contribution in [0.15, 0.2) is 69.9 Å². The number of aromatic nitrogens is 2. The number of aryl methyl sites for hydroxylation is 2. The van der Waals surface area contributed by atoms with Gasteiger partial charge in [-0.15, -0.1) is 0 Å². The molecule has 0 aliphatic rings. The smallest absolute Gasteiger partial charge is 0.261 e. The Labute approximate surface area is 202 Å². The van der Waals surface area contributed by atoms with Crippen molar-refractivity contribution in [3.8, 4) is 22.9 Å². The summed E-state index contributed by atoms with van der Waals surface area (Å²) in [5.41, 5.74) is 3.87. The zero-order valence-electron chi connectivity index (χ0n) is 19.1. The lowest BCUT2D eigenvalue weighted by atomic mass is 10.1. The van der Waals surface area contributed by atoms with Crippen molar-refractivity contribution < 1.29 is 9.47 Å². The van der Waals surface area contributed by atoms with Crippen LogP contribution < -0.4 is 15.0 Å². The van der Waals surface area contributed by atoms with E-state index in [1.165, 1.54) is 5.56 Å². The predicted molar refractivity (Wildman–Crippen MR) is 136 cm³/mol. The van der Waals surface area contributed by atoms with Crippen LogP contribution in [0.1, 0.15) is 24.0 Å². The summed E-state index contributed by atoms with van der Waals surface area (Å²) in [6, 6.07) is 19.3. The molecule has 0 N–H and O–H groups in total. The van der Waals surface area contributed by atoms with Crippen LogP contribution in [0.25, 0.3) is 22.3 Å². The largest absolute Gasteiger partial charge is 0.497 e. The van der Waals surface area contributed by atoms with Crippen LogP contribution in [0.2, 0.25) is 0 Å². The van der Waals surface area contributed by atoms with Crippen molar-refractivity contribution in [3.63, 3.8) is 0 Å². The minimum absolute atomic E-state index is 0.0236. The van der Waals surface area contributed by atoms with Gasteiger partial charge in [0.25, 0.3) is 5.56 Å². The van der Waals surface area contributed by atoms with Gasteiger partial charge in [0.05, 0.1) is 29.1 Å². The molecule has 1 heterocycles. The average Bonchev–Trinajstić information content (AvgIpc) is 2.81. The molecule has 0 amide bonds. The molecule has 0 saturated carbocycles. The number of rotatable bonds is 8. The Morgan fingerprint density at radius 2 is 1.76 bits per heavy atom. The van der Waals surface area contributed by atoms with Gasteiger partial charge in [-0.05, 0) is 96.2 Å². The summed E-state index contributed by atoms with van der Waals surface area (Å²) >= 11 is 3.59. The van der Waals surface area contributed by atoms with Gasteiger partial charge in [0, 0.05) is 12.1 Å². The first kappa shape index (κ1) is 23.1. The number of methoxy groups -OCH3 is 1. The van der Waals surface area contributed by atoms with Crippen LogP contribution in [0.4, 0.5) is 0 Å². The minimum atomic E-state index is -0.0236. The van der Waals surface area contributed by atoms with E-state index in [0.717, 1.165) is 39.9 Å². The quantitative estimate of drug-likeness (QED) is 0.262. The molecular formula is C27H27BrN2O3. The Balaban J connectivity index is 1.54. The Kier molecular flexibility index (Phi) is 7.14. The van der Waals surface area contributed by atoms with Crippen molar-refractivity contribution in [3.05, 3.63) is 86.6 Å². The summed E-state index contributed by atoms with van der Waals surface area (Å²) in [7, 11) is 1.64. The second kappa shape index (κ2) is 10.2. The fourth-order valence-corrected chi connectivity index (χ4v) is 4.76. The molecule has 0 bridgehead atoms. The molecule has 33 heavy (non-hydrogen) atoms. The maximum absolute atomic E-state index is 13.3. The molecule has 6 heteroatoms. The molecule has 0 spiro atoms. The molecule has 0 aliphatic carbocycles. The lowest BCUT2D eigenvalue weighted by Gasteiger charge is -2.15. The number of unbranched alkanes of at least 4 members (excludes halogenated alkanes) is 1. The SMILES string of the molecule is COc1ccc(-c2nc3ccccc3c(=O)n2CCCCOc2c(C)cc(C)cc2Br)cc1. The molecule has 3 aromatic carbocycles. The molecule has 0 atom stereocenters. The molecule has 0 fully saturated rings. The molecule has 0 saturated heterocycles. The molecule has 170 valence electrons. The molecule has 4 aromatic rings. The van der Waals surface area contributed by atoms with E-state index < -0.39 is 0 Å². The van der Waals surface area contributed by atoms with Gasteiger partial charge in [-0.1, -0.05) is 18.2 Å². The summed E-state index contributed by atoms with van der Waals surface area (Å²) in [6.07, 6.45) is 1.62. The number of benzene rings is 3. The fraction of sp³-hybridized carbons (Fsp3) is 0.259. The average molecular weight is 507 g/mol. The highest BCUT2D eigenvalue weighted by Gasteiger charge is 2.13. The summed E-state index contributed by atoms with van der Waals surface area (Å²) in [6.45, 7) is 5.26. The van der Waals surface area contributed by atoms with Crippen LogP contribution in [-0.2, 0) is 6.54 Å². The van der Waals surface area contributed by atoms with Crippen molar-refractivity contribution in [1.82, 2.24) is 9.55 Å². The van der Waals surface area contributed by atoms with E-state index in [0.29, 0.717) is 29.9 Å². The van der Waals surface area contributed by atoms with Crippen LogP contribution in [-0.4, -0.2) is 23.3 Å². The van der Waals surface area contributed by atoms with Gasteiger partial charge in [0.15, 0.2) is 0 Å². The zero-order valence-corrected chi connectivity index (χ0v) is 20.7. The molecule has 5 nitrogen and oxygen atoms in total. The second-order valence-corrected chi connectivity index (χ2v) is 8.94. The van der Waals surface area contributed by atoms with E-state index in [9.17, 15) is 4.79 Å². The van der Waals surface area contributed by atoms with E-state index in [4.69, 9.17) is 14.5 Å². The Morgan fingerprint density at radius 3 is 2.48 bits per heavy atom. The highest BCUT2D eigenvalue weighted by molar-refractivity contribution is 9.10. The lowest BCUT2D eigenvalue weighted by molar-refractivity contribution is 0.299. The summed E-state index contributed by atoms with van der Waals surface area (Å²) in [5.74, 6) is 2.31. The third-order valence-corrected chi connectivity index (χ3v) is 6.19. The zero-order chi connectivity index (χ0) is 23.4. The number of ether oxygens (including phenoxy) is 2. The van der Waals surface area contributed by atoms with E-state index in [1.807, 2.05) is 48.5 Å². The number of nitrogens with zero attached hydrogens (tertiary/aromatic N) is 2. The van der Waals surface area contributed by atoms with Crippen molar-refractivity contribution in [1.29, 1.82) is 0 Å². The van der Waals surface area contributed by atoms with Crippen molar-refractivity contribution in [2.45, 2.75) is 33.2 Å². The van der Waals surface area contributed by atoms with Crippen LogP contribution >= 0.6 is 15.9 Å². The number of fused-ring (bicyclic) bond motifs is 1. The van der Waals surface area contributed by atoms with Gasteiger partial charge in [-0.2, -0.15) is 0 Å². The molecule has 4 rings (SSSR count). The first-order chi connectivity index (χ1) is 16.0.